The molecule has 0 atom stereocenters. The van der Waals surface area contributed by atoms with Crippen molar-refractivity contribution in [2.75, 3.05) is 0 Å². The second kappa shape index (κ2) is 2.86. The molecule has 1 rings (SSSR count). The third kappa shape index (κ3) is 1.76. The van der Waals surface area contributed by atoms with Crippen molar-refractivity contribution >= 4 is 0 Å². The molecule has 12 heavy (non-hydrogen) atoms. The van der Waals surface area contributed by atoms with Crippen molar-refractivity contribution in [2.45, 2.75) is 6.18 Å². The highest BCUT2D eigenvalue weighted by molar-refractivity contribution is 5.29. The van der Waals surface area contributed by atoms with E-state index in [1.165, 1.54) is 0 Å². The van der Waals surface area contributed by atoms with Gasteiger partial charge in [0, 0.05) is 6.20 Å². The van der Waals surface area contributed by atoms with Crippen LogP contribution in [0.5, 0.6) is 0 Å². The molecule has 1 nitrogen and oxygen atoms in total. The molecule has 0 spiro atoms. The number of nitrogens with zero attached hydrogens (tertiary/aromatic N) is 1. The van der Waals surface area contributed by atoms with Crippen molar-refractivity contribution in [3.05, 3.63) is 29.6 Å². The third-order valence-electron chi connectivity index (χ3n) is 1.24. The molecule has 1 aromatic heterocycles. The molecule has 0 unspecified atom stereocenters. The number of aromatic nitrogens is 1. The normalized spacial score (nSPS) is 10.8. The van der Waals surface area contributed by atoms with Crippen molar-refractivity contribution in [2.24, 2.45) is 0 Å². The van der Waals surface area contributed by atoms with Crippen molar-refractivity contribution in [3.63, 3.8) is 0 Å². The first-order chi connectivity index (χ1) is 5.54. The Morgan fingerprint density at radius 1 is 1.42 bits per heavy atom. The molecule has 4 heteroatoms. The van der Waals surface area contributed by atoms with Crippen LogP contribution in [0, 0.1) is 12.3 Å². The number of alkyl halides is 3. The van der Waals surface area contributed by atoms with Crippen molar-refractivity contribution in [3.8, 4) is 12.3 Å². The minimum Gasteiger partial charge on any atom is -0.248 e. The highest BCUT2D eigenvalue weighted by Crippen LogP contribution is 2.28. The van der Waals surface area contributed by atoms with E-state index in [1.807, 2.05) is 5.92 Å². The second-order valence-corrected chi connectivity index (χ2v) is 2.07. The van der Waals surface area contributed by atoms with E-state index in [-0.39, 0.29) is 5.69 Å². The zero-order chi connectivity index (χ0) is 9.19. The molecule has 0 fully saturated rings. The summed E-state index contributed by atoms with van der Waals surface area (Å²) < 4.78 is 36.0. The van der Waals surface area contributed by atoms with E-state index < -0.39 is 11.7 Å². The molecule has 0 amide bonds. The number of hydrogen-bond donors (Lipinski definition) is 0. The molecule has 1 aromatic rings. The zero-order valence-electron chi connectivity index (χ0n) is 5.89. The summed E-state index contributed by atoms with van der Waals surface area (Å²) in [5.41, 5.74) is -0.782. The highest BCUT2D eigenvalue weighted by Gasteiger charge is 2.30. The largest absolute Gasteiger partial charge is 0.416 e. The van der Waals surface area contributed by atoms with Gasteiger partial charge in [0.15, 0.2) is 0 Å². The van der Waals surface area contributed by atoms with Gasteiger partial charge in [-0.15, -0.1) is 6.42 Å². The van der Waals surface area contributed by atoms with E-state index in [2.05, 4.69) is 4.98 Å². The lowest BCUT2D eigenvalue weighted by atomic mass is 10.2. The summed E-state index contributed by atoms with van der Waals surface area (Å²) in [4.78, 5) is 3.54. The first-order valence-corrected chi connectivity index (χ1v) is 3.04. The van der Waals surface area contributed by atoms with Gasteiger partial charge in [-0.1, -0.05) is 5.92 Å². The monoisotopic (exact) mass is 171 g/mol. The number of halogens is 3. The zero-order valence-corrected chi connectivity index (χ0v) is 5.89. The molecule has 0 aliphatic rings. The Morgan fingerprint density at radius 2 is 2.08 bits per heavy atom. The smallest absolute Gasteiger partial charge is 0.248 e. The lowest BCUT2D eigenvalue weighted by Crippen LogP contribution is -2.05. The number of rotatable bonds is 0. The van der Waals surface area contributed by atoms with E-state index in [1.54, 1.807) is 0 Å². The topological polar surface area (TPSA) is 12.9 Å². The van der Waals surface area contributed by atoms with Gasteiger partial charge in [0.2, 0.25) is 0 Å². The summed E-state index contributed by atoms with van der Waals surface area (Å²) in [6.07, 6.45) is 1.57. The van der Waals surface area contributed by atoms with Gasteiger partial charge in [-0.05, 0) is 12.1 Å². The van der Waals surface area contributed by atoms with E-state index in [0.717, 1.165) is 18.3 Å². The lowest BCUT2D eigenvalue weighted by molar-refractivity contribution is -0.137. The van der Waals surface area contributed by atoms with Crippen molar-refractivity contribution in [1.29, 1.82) is 0 Å². The molecule has 0 aliphatic carbocycles. The van der Waals surface area contributed by atoms with Crippen LogP contribution in [0.3, 0.4) is 0 Å². The summed E-state index contributed by atoms with van der Waals surface area (Å²) in [7, 11) is 0. The Labute approximate surface area is 67.2 Å². The lowest BCUT2D eigenvalue weighted by Gasteiger charge is -2.05. The molecule has 0 saturated carbocycles. The molecule has 0 aliphatic heterocycles. The van der Waals surface area contributed by atoms with Crippen LogP contribution in [-0.2, 0) is 6.18 Å². The molecular formula is C8H4F3N. The predicted molar refractivity (Wildman–Crippen MR) is 37.2 cm³/mol. The van der Waals surface area contributed by atoms with E-state index >= 15 is 0 Å². The van der Waals surface area contributed by atoms with Gasteiger partial charge in [0.1, 0.15) is 5.69 Å². The average molecular weight is 171 g/mol. The summed E-state index contributed by atoms with van der Waals surface area (Å²) in [6, 6.07) is 1.71. The molecule has 62 valence electrons. The van der Waals surface area contributed by atoms with Crippen LogP contribution in [0.15, 0.2) is 18.3 Å². The fourth-order valence-corrected chi connectivity index (χ4v) is 0.686. The fourth-order valence-electron chi connectivity index (χ4n) is 0.686. The quantitative estimate of drug-likeness (QED) is 0.544. The summed E-state index contributed by atoms with van der Waals surface area (Å²) in [5, 5.41) is 0. The Kier molecular flexibility index (Phi) is 2.05. The van der Waals surface area contributed by atoms with Crippen LogP contribution in [0.25, 0.3) is 0 Å². The van der Waals surface area contributed by atoms with Gasteiger partial charge in [-0.2, -0.15) is 13.2 Å². The van der Waals surface area contributed by atoms with Crippen LogP contribution >= 0.6 is 0 Å². The predicted octanol–water partition coefficient (Wildman–Crippen LogP) is 2.08. The number of terminal acetylenes is 1. The summed E-state index contributed by atoms with van der Waals surface area (Å²) >= 11 is 0. The van der Waals surface area contributed by atoms with Gasteiger partial charge in [-0.25, -0.2) is 4.98 Å². The van der Waals surface area contributed by atoms with Crippen LogP contribution in [0.2, 0.25) is 0 Å². The third-order valence-corrected chi connectivity index (χ3v) is 1.24. The average Bonchev–Trinajstić information content (AvgIpc) is 2.03. The second-order valence-electron chi connectivity index (χ2n) is 2.07. The van der Waals surface area contributed by atoms with Crippen LogP contribution in [0.4, 0.5) is 13.2 Å². The van der Waals surface area contributed by atoms with Gasteiger partial charge in [0.25, 0.3) is 0 Å². The van der Waals surface area contributed by atoms with E-state index in [0.29, 0.717) is 0 Å². The Balaban J connectivity index is 3.13. The van der Waals surface area contributed by atoms with E-state index in [9.17, 15) is 13.2 Å². The first-order valence-electron chi connectivity index (χ1n) is 3.04. The number of pyridine rings is 1. The molecule has 0 bridgehead atoms. The SMILES string of the molecule is C#Cc1cc(C(F)(F)F)ccn1. The Bertz CT molecular complexity index is 322. The maximum absolute atomic E-state index is 12.0. The van der Waals surface area contributed by atoms with Crippen molar-refractivity contribution < 1.29 is 13.2 Å². The molecule has 0 saturated heterocycles. The molecule has 0 N–H and O–H groups in total. The Morgan fingerprint density at radius 3 is 2.58 bits per heavy atom. The minimum atomic E-state index is -4.35. The van der Waals surface area contributed by atoms with Crippen LogP contribution in [0.1, 0.15) is 11.3 Å². The summed E-state index contributed by atoms with van der Waals surface area (Å²) in [6.45, 7) is 0. The maximum Gasteiger partial charge on any atom is 0.416 e. The molecule has 1 heterocycles. The maximum atomic E-state index is 12.0. The standard InChI is InChI=1S/C8H4F3N/c1-2-7-5-6(3-4-12-7)8(9,10)11/h1,3-5H. The van der Waals surface area contributed by atoms with Crippen molar-refractivity contribution in [1.82, 2.24) is 4.98 Å². The van der Waals surface area contributed by atoms with Gasteiger partial charge in [-0.3, -0.25) is 0 Å². The Hall–Kier alpha value is -1.50. The summed E-state index contributed by atoms with van der Waals surface area (Å²) in [5.74, 6) is 2.03. The van der Waals surface area contributed by atoms with Gasteiger partial charge < -0.3 is 0 Å². The van der Waals surface area contributed by atoms with Crippen LogP contribution < -0.4 is 0 Å². The fraction of sp³-hybridized carbons (Fsp3) is 0.125. The van der Waals surface area contributed by atoms with Gasteiger partial charge in [0.05, 0.1) is 5.56 Å². The van der Waals surface area contributed by atoms with Crippen LogP contribution in [-0.4, -0.2) is 4.98 Å². The van der Waals surface area contributed by atoms with E-state index in [4.69, 9.17) is 6.42 Å². The minimum absolute atomic E-state index is 0.00942. The van der Waals surface area contributed by atoms with Gasteiger partial charge >= 0.3 is 6.18 Å². The highest BCUT2D eigenvalue weighted by atomic mass is 19.4. The molecule has 0 radical (unpaired) electrons. The number of hydrogen-bond acceptors (Lipinski definition) is 1. The molecular weight excluding hydrogens is 167 g/mol. The first kappa shape index (κ1) is 8.60. The molecule has 0 aromatic carbocycles.